The maximum atomic E-state index is 12.7. The smallest absolute Gasteiger partial charge is 0.271 e. The van der Waals surface area contributed by atoms with E-state index in [4.69, 9.17) is 10.6 Å². The zero-order chi connectivity index (χ0) is 23.1. The van der Waals surface area contributed by atoms with E-state index >= 15 is 0 Å². The molecule has 162 valence electrons. The fourth-order valence-electron chi connectivity index (χ4n) is 2.78. The summed E-state index contributed by atoms with van der Waals surface area (Å²) in [7, 11) is 0. The van der Waals surface area contributed by atoms with E-state index in [9.17, 15) is 19.7 Å². The van der Waals surface area contributed by atoms with E-state index < -0.39 is 10.8 Å². The van der Waals surface area contributed by atoms with Crippen molar-refractivity contribution in [3.63, 3.8) is 0 Å². The standard InChI is InChI=1S/C22H17BrN4O5/c23-16-4-1-3-15(11-16)22(29)21(26-24)14-7-9-19(10-8-14)32-13-20(28)25-17-5-2-6-18(12-17)27(30)31/h1-12H,13,24H2,(H,25,28)/b26-21+. The van der Waals surface area contributed by atoms with E-state index in [2.05, 4.69) is 26.3 Å². The highest BCUT2D eigenvalue weighted by atomic mass is 79.9. The molecule has 0 saturated heterocycles. The van der Waals surface area contributed by atoms with Gasteiger partial charge in [0.25, 0.3) is 11.6 Å². The Bertz CT molecular complexity index is 1190. The molecule has 0 spiro atoms. The monoisotopic (exact) mass is 496 g/mol. The summed E-state index contributed by atoms with van der Waals surface area (Å²) in [4.78, 5) is 35.0. The van der Waals surface area contributed by atoms with E-state index in [1.165, 1.54) is 24.3 Å². The third-order valence-corrected chi connectivity index (χ3v) is 4.76. The van der Waals surface area contributed by atoms with Gasteiger partial charge < -0.3 is 15.9 Å². The van der Waals surface area contributed by atoms with Crippen LogP contribution in [0.1, 0.15) is 15.9 Å². The molecule has 0 aliphatic rings. The highest BCUT2D eigenvalue weighted by Crippen LogP contribution is 2.19. The minimum Gasteiger partial charge on any atom is -0.484 e. The molecular weight excluding hydrogens is 480 g/mol. The van der Waals surface area contributed by atoms with E-state index in [-0.39, 0.29) is 29.5 Å². The predicted molar refractivity (Wildman–Crippen MR) is 123 cm³/mol. The molecule has 3 rings (SSSR count). The maximum absolute atomic E-state index is 12.7. The Morgan fingerprint density at radius 3 is 2.41 bits per heavy atom. The van der Waals surface area contributed by atoms with Crippen LogP contribution in [0.2, 0.25) is 0 Å². The van der Waals surface area contributed by atoms with E-state index in [1.807, 2.05) is 0 Å². The molecule has 0 saturated carbocycles. The van der Waals surface area contributed by atoms with Crippen molar-refractivity contribution in [1.29, 1.82) is 0 Å². The molecule has 0 aromatic heterocycles. The van der Waals surface area contributed by atoms with Gasteiger partial charge in [0, 0.05) is 33.4 Å². The number of hydrazone groups is 1. The number of carbonyl (C=O) groups is 2. The van der Waals surface area contributed by atoms with Gasteiger partial charge in [-0.25, -0.2) is 0 Å². The number of amides is 1. The second-order valence-electron chi connectivity index (χ2n) is 6.49. The largest absolute Gasteiger partial charge is 0.484 e. The number of anilines is 1. The molecule has 0 fully saturated rings. The Morgan fingerprint density at radius 1 is 1.03 bits per heavy atom. The fourth-order valence-corrected chi connectivity index (χ4v) is 3.18. The molecule has 1 amide bonds. The zero-order valence-corrected chi connectivity index (χ0v) is 18.1. The van der Waals surface area contributed by atoms with Gasteiger partial charge in [-0.1, -0.05) is 34.1 Å². The molecule has 0 atom stereocenters. The van der Waals surface area contributed by atoms with Crippen molar-refractivity contribution in [2.24, 2.45) is 10.9 Å². The van der Waals surface area contributed by atoms with Crippen molar-refractivity contribution in [3.8, 4) is 5.75 Å². The minimum atomic E-state index is -0.548. The maximum Gasteiger partial charge on any atom is 0.271 e. The number of benzene rings is 3. The van der Waals surface area contributed by atoms with Crippen LogP contribution >= 0.6 is 15.9 Å². The number of ether oxygens (including phenoxy) is 1. The van der Waals surface area contributed by atoms with Gasteiger partial charge >= 0.3 is 0 Å². The van der Waals surface area contributed by atoms with Gasteiger partial charge in [-0.2, -0.15) is 5.10 Å². The number of nitrogens with zero attached hydrogens (tertiary/aromatic N) is 2. The van der Waals surface area contributed by atoms with E-state index in [1.54, 1.807) is 48.5 Å². The van der Waals surface area contributed by atoms with Crippen molar-refractivity contribution in [2.45, 2.75) is 0 Å². The molecule has 3 aromatic carbocycles. The molecule has 32 heavy (non-hydrogen) atoms. The Balaban J connectivity index is 1.61. The van der Waals surface area contributed by atoms with E-state index in [0.29, 0.717) is 16.9 Å². The summed E-state index contributed by atoms with van der Waals surface area (Å²) in [6, 6.07) is 18.8. The number of hydrogen-bond acceptors (Lipinski definition) is 7. The van der Waals surface area contributed by atoms with Gasteiger partial charge in [0.05, 0.1) is 4.92 Å². The Kier molecular flexibility index (Phi) is 7.29. The van der Waals surface area contributed by atoms with Crippen LogP contribution < -0.4 is 15.9 Å². The van der Waals surface area contributed by atoms with Crippen LogP contribution in [0, 0.1) is 10.1 Å². The number of non-ortho nitro benzene ring substituents is 1. The number of nitro benzene ring substituents is 1. The van der Waals surface area contributed by atoms with Crippen molar-refractivity contribution < 1.29 is 19.2 Å². The van der Waals surface area contributed by atoms with Crippen LogP contribution in [0.3, 0.4) is 0 Å². The van der Waals surface area contributed by atoms with Gasteiger partial charge in [-0.3, -0.25) is 19.7 Å². The Morgan fingerprint density at radius 2 is 1.75 bits per heavy atom. The SMILES string of the molecule is N/N=C(/C(=O)c1cccc(Br)c1)c1ccc(OCC(=O)Nc2cccc([N+](=O)[O-])c2)cc1. The van der Waals surface area contributed by atoms with Crippen molar-refractivity contribution in [2.75, 3.05) is 11.9 Å². The summed E-state index contributed by atoms with van der Waals surface area (Å²) in [5.74, 6) is 5.02. The zero-order valence-electron chi connectivity index (χ0n) is 16.5. The second-order valence-corrected chi connectivity index (χ2v) is 7.40. The number of hydrogen-bond donors (Lipinski definition) is 2. The van der Waals surface area contributed by atoms with Crippen LogP contribution in [0.5, 0.6) is 5.75 Å². The lowest BCUT2D eigenvalue weighted by molar-refractivity contribution is -0.384. The Labute approximate surface area is 191 Å². The molecule has 0 bridgehead atoms. The van der Waals surface area contributed by atoms with Crippen LogP contribution in [0.15, 0.2) is 82.4 Å². The molecule has 3 aromatic rings. The van der Waals surface area contributed by atoms with Crippen molar-refractivity contribution >= 4 is 44.7 Å². The fraction of sp³-hybridized carbons (Fsp3) is 0.0455. The van der Waals surface area contributed by atoms with Gasteiger partial charge in [-0.05, 0) is 42.5 Å². The predicted octanol–water partition coefficient (Wildman–Crippen LogP) is 3.92. The first kappa shape index (κ1) is 22.6. The first-order valence-corrected chi connectivity index (χ1v) is 10.0. The van der Waals surface area contributed by atoms with Crippen molar-refractivity contribution in [3.05, 3.63) is 98.5 Å². The first-order valence-electron chi connectivity index (χ1n) is 9.23. The van der Waals surface area contributed by atoms with Crippen LogP contribution in [-0.2, 0) is 4.79 Å². The highest BCUT2D eigenvalue weighted by molar-refractivity contribution is 9.10. The third-order valence-electron chi connectivity index (χ3n) is 4.27. The molecule has 0 aliphatic carbocycles. The lowest BCUT2D eigenvalue weighted by Gasteiger charge is -2.09. The summed E-state index contributed by atoms with van der Waals surface area (Å²) in [6.07, 6.45) is 0. The normalized spacial score (nSPS) is 11.0. The summed E-state index contributed by atoms with van der Waals surface area (Å²) < 4.78 is 6.20. The number of ketones is 1. The number of carbonyl (C=O) groups excluding carboxylic acids is 2. The minimum absolute atomic E-state index is 0.0815. The number of Topliss-reactive ketones (excluding diaryl/α,β-unsaturated/α-hetero) is 1. The summed E-state index contributed by atoms with van der Waals surface area (Å²) >= 11 is 3.32. The van der Waals surface area contributed by atoms with Crippen molar-refractivity contribution in [1.82, 2.24) is 0 Å². The molecular formula is C22H17BrN4O5. The van der Waals surface area contributed by atoms with Crippen LogP contribution in [-0.4, -0.2) is 28.9 Å². The average Bonchev–Trinajstić information content (AvgIpc) is 2.79. The molecule has 10 heteroatoms. The quantitative estimate of drug-likeness (QED) is 0.159. The van der Waals surface area contributed by atoms with Gasteiger partial charge in [0.2, 0.25) is 5.78 Å². The lowest BCUT2D eigenvalue weighted by atomic mass is 10.0. The summed E-state index contributed by atoms with van der Waals surface area (Å²) in [5.41, 5.74) is 1.16. The first-order chi connectivity index (χ1) is 15.4. The van der Waals surface area contributed by atoms with E-state index in [0.717, 1.165) is 4.47 Å². The number of nitrogens with one attached hydrogen (secondary N) is 1. The second kappa shape index (κ2) is 10.3. The number of nitro groups is 1. The molecule has 0 unspecified atom stereocenters. The number of halogens is 1. The van der Waals surface area contributed by atoms with Crippen LogP contribution in [0.4, 0.5) is 11.4 Å². The molecule has 3 N–H and O–H groups in total. The number of rotatable bonds is 8. The average molecular weight is 497 g/mol. The summed E-state index contributed by atoms with van der Waals surface area (Å²) in [6.45, 7) is -0.309. The number of nitrogens with two attached hydrogens (primary N) is 1. The summed E-state index contributed by atoms with van der Waals surface area (Å²) in [5, 5.41) is 17.0. The topological polar surface area (TPSA) is 137 Å². The third kappa shape index (κ3) is 5.76. The Hall–Kier alpha value is -4.05. The lowest BCUT2D eigenvalue weighted by Crippen LogP contribution is -2.20. The van der Waals surface area contributed by atoms with Gasteiger partial charge in [-0.15, -0.1) is 0 Å². The molecule has 0 aliphatic heterocycles. The van der Waals surface area contributed by atoms with Gasteiger partial charge in [0.15, 0.2) is 6.61 Å². The highest BCUT2D eigenvalue weighted by Gasteiger charge is 2.17. The van der Waals surface area contributed by atoms with Crippen LogP contribution in [0.25, 0.3) is 0 Å². The molecule has 0 radical (unpaired) electrons. The van der Waals surface area contributed by atoms with Gasteiger partial charge in [0.1, 0.15) is 11.5 Å². The molecule has 0 heterocycles. The molecule has 9 nitrogen and oxygen atoms in total.